The van der Waals surface area contributed by atoms with Crippen LogP contribution in [0.25, 0.3) is 0 Å². The first-order valence-electron chi connectivity index (χ1n) is 7.05. The maximum atomic E-state index is 2.33. The van der Waals surface area contributed by atoms with Gasteiger partial charge in [-0.05, 0) is 0 Å². The van der Waals surface area contributed by atoms with E-state index in [9.17, 15) is 0 Å². The van der Waals surface area contributed by atoms with Gasteiger partial charge in [0.05, 0.1) is 0 Å². The minimum absolute atomic E-state index is 0. The molecular formula is C17H25Cl2Zr. The fourth-order valence-corrected chi connectivity index (χ4v) is 6.32. The summed E-state index contributed by atoms with van der Waals surface area (Å²) in [5.41, 5.74) is 6.68. The van der Waals surface area contributed by atoms with Crippen molar-refractivity contribution in [3.63, 3.8) is 0 Å². The number of rotatable bonds is 4. The van der Waals surface area contributed by atoms with Gasteiger partial charge in [0, 0.05) is 0 Å². The summed E-state index contributed by atoms with van der Waals surface area (Å²) < 4.78 is 3.55. The van der Waals surface area contributed by atoms with E-state index in [1.165, 1.54) is 19.3 Å². The largest absolute Gasteiger partial charge is 0.147 e. The summed E-state index contributed by atoms with van der Waals surface area (Å²) >= 11 is -0.424. The van der Waals surface area contributed by atoms with Gasteiger partial charge in [-0.2, -0.15) is 0 Å². The zero-order chi connectivity index (χ0) is 13.1. The second kappa shape index (κ2) is 9.34. The molecule has 0 aromatic heterocycles. The molecule has 3 heteroatoms. The second-order valence-electron chi connectivity index (χ2n) is 5.25. The molecule has 0 nitrogen and oxygen atoms in total. The number of halogens is 2. The zero-order valence-corrected chi connectivity index (χ0v) is 17.0. The van der Waals surface area contributed by atoms with Gasteiger partial charge in [0.25, 0.3) is 0 Å². The fourth-order valence-electron chi connectivity index (χ4n) is 3.01. The van der Waals surface area contributed by atoms with Crippen molar-refractivity contribution in [2.24, 2.45) is 0 Å². The summed E-state index contributed by atoms with van der Waals surface area (Å²) in [6.07, 6.45) is 11.7. The molecule has 0 spiro atoms. The topological polar surface area (TPSA) is 0 Å². The van der Waals surface area contributed by atoms with Gasteiger partial charge in [-0.15, -0.1) is 24.8 Å². The maximum absolute atomic E-state index is 2.33. The molecule has 0 aromatic rings. The summed E-state index contributed by atoms with van der Waals surface area (Å²) in [6, 6.07) is 0. The van der Waals surface area contributed by atoms with Crippen molar-refractivity contribution in [2.75, 3.05) is 0 Å². The minimum atomic E-state index is -0.424. The van der Waals surface area contributed by atoms with E-state index in [4.69, 9.17) is 0 Å². The van der Waals surface area contributed by atoms with E-state index >= 15 is 0 Å². The SMILES string of the molecule is CCC1=[C]([Zr]=[C](C)C)CC(C2=CC=CC2)=C1CC.Cl.Cl. The predicted molar refractivity (Wildman–Crippen MR) is 91.9 cm³/mol. The molecule has 0 bridgehead atoms. The number of hydrogen-bond donors (Lipinski definition) is 0. The molecule has 0 fully saturated rings. The Morgan fingerprint density at radius 3 is 2.20 bits per heavy atom. The molecule has 2 aliphatic carbocycles. The monoisotopic (exact) mass is 389 g/mol. The van der Waals surface area contributed by atoms with Crippen LogP contribution in [0.1, 0.15) is 53.4 Å². The average Bonchev–Trinajstić information content (AvgIpc) is 2.93. The van der Waals surface area contributed by atoms with E-state index < -0.39 is 22.8 Å². The molecule has 20 heavy (non-hydrogen) atoms. The van der Waals surface area contributed by atoms with Gasteiger partial charge in [0.2, 0.25) is 0 Å². The van der Waals surface area contributed by atoms with Gasteiger partial charge in [-0.3, -0.25) is 0 Å². The molecular weight excluding hydrogens is 366 g/mol. The van der Waals surface area contributed by atoms with Crippen LogP contribution in [-0.4, -0.2) is 3.21 Å². The van der Waals surface area contributed by atoms with E-state index in [1.807, 2.05) is 3.28 Å². The van der Waals surface area contributed by atoms with Gasteiger partial charge in [-0.1, -0.05) is 0 Å². The minimum Gasteiger partial charge on any atom is -0.147 e. The van der Waals surface area contributed by atoms with Crippen LogP contribution in [0.3, 0.4) is 0 Å². The van der Waals surface area contributed by atoms with Crippen LogP contribution in [0.2, 0.25) is 0 Å². The van der Waals surface area contributed by atoms with Crippen molar-refractivity contribution in [1.29, 1.82) is 0 Å². The Morgan fingerprint density at radius 1 is 1.10 bits per heavy atom. The second-order valence-corrected chi connectivity index (χ2v) is 9.80. The Bertz CT molecular complexity index is 501. The van der Waals surface area contributed by atoms with Crippen LogP contribution < -0.4 is 0 Å². The summed E-state index contributed by atoms with van der Waals surface area (Å²) in [5.74, 6) is 0. The zero-order valence-electron chi connectivity index (χ0n) is 12.9. The average molecular weight is 392 g/mol. The first kappa shape index (κ1) is 20.3. The molecule has 0 aromatic carbocycles. The molecule has 0 amide bonds. The van der Waals surface area contributed by atoms with Crippen molar-refractivity contribution in [3.8, 4) is 0 Å². The smallest absolute Gasteiger partial charge is 0.147 e. The van der Waals surface area contributed by atoms with E-state index in [0.717, 1.165) is 6.42 Å². The molecule has 0 aliphatic heterocycles. The number of hydrogen-bond acceptors (Lipinski definition) is 0. The molecule has 2 aliphatic rings. The third-order valence-corrected chi connectivity index (χ3v) is 6.86. The number of allylic oxidation sites excluding steroid dienone is 8. The molecule has 0 heterocycles. The van der Waals surface area contributed by atoms with E-state index in [-0.39, 0.29) is 24.8 Å². The molecule has 111 valence electrons. The molecule has 0 radical (unpaired) electrons. The van der Waals surface area contributed by atoms with Gasteiger partial charge < -0.3 is 0 Å². The first-order valence-corrected chi connectivity index (χ1v) is 9.50. The fraction of sp³-hybridized carbons (Fsp3) is 0.471. The normalized spacial score (nSPS) is 16.7. The molecule has 2 rings (SSSR count). The van der Waals surface area contributed by atoms with E-state index in [1.54, 1.807) is 25.5 Å². The Morgan fingerprint density at radius 2 is 1.75 bits per heavy atom. The van der Waals surface area contributed by atoms with Crippen LogP contribution in [-0.2, 0) is 22.8 Å². The van der Waals surface area contributed by atoms with Gasteiger partial charge in [-0.25, -0.2) is 0 Å². The van der Waals surface area contributed by atoms with Crippen molar-refractivity contribution in [2.45, 2.75) is 53.4 Å². The van der Waals surface area contributed by atoms with Crippen molar-refractivity contribution in [1.82, 2.24) is 0 Å². The van der Waals surface area contributed by atoms with Crippen molar-refractivity contribution in [3.05, 3.63) is 43.8 Å². The van der Waals surface area contributed by atoms with Crippen LogP contribution >= 0.6 is 24.8 Å². The summed E-state index contributed by atoms with van der Waals surface area (Å²) in [4.78, 5) is 0. The molecule has 0 saturated heterocycles. The first-order chi connectivity index (χ1) is 8.67. The standard InChI is InChI=1S/C14H17.C3H6.2ClH.Zr/c1-3-11-9-10-14(13(11)4-2)12-7-5-6-8-12;1-3-2;;;/h5-7H,3-4,8,10H2,1-2H3;1-2H3;2*1H;. The van der Waals surface area contributed by atoms with Crippen molar-refractivity contribution >= 4 is 28.0 Å². The van der Waals surface area contributed by atoms with Crippen LogP contribution in [0.4, 0.5) is 0 Å². The van der Waals surface area contributed by atoms with Crippen molar-refractivity contribution < 1.29 is 22.8 Å². The Kier molecular flexibility index (Phi) is 9.48. The van der Waals surface area contributed by atoms with Gasteiger partial charge in [0.1, 0.15) is 0 Å². The van der Waals surface area contributed by atoms with Crippen LogP contribution in [0, 0.1) is 0 Å². The van der Waals surface area contributed by atoms with Gasteiger partial charge >= 0.3 is 123 Å². The Labute approximate surface area is 147 Å². The molecule has 0 unspecified atom stereocenters. The molecule has 0 N–H and O–H groups in total. The Balaban J connectivity index is 0.00000180. The van der Waals surface area contributed by atoms with Crippen LogP contribution in [0.5, 0.6) is 0 Å². The third kappa shape index (κ3) is 4.39. The van der Waals surface area contributed by atoms with Gasteiger partial charge in [0.15, 0.2) is 0 Å². The predicted octanol–water partition coefficient (Wildman–Crippen LogP) is 5.79. The summed E-state index contributed by atoms with van der Waals surface area (Å²) in [6.45, 7) is 9.31. The van der Waals surface area contributed by atoms with E-state index in [2.05, 4.69) is 45.9 Å². The van der Waals surface area contributed by atoms with Crippen LogP contribution in [0.15, 0.2) is 43.8 Å². The Hall–Kier alpha value is 0.293. The third-order valence-electron chi connectivity index (χ3n) is 3.71. The molecule has 0 saturated carbocycles. The maximum Gasteiger partial charge on any atom is -0.147 e. The quantitative estimate of drug-likeness (QED) is 0.569. The van der Waals surface area contributed by atoms with E-state index in [0.29, 0.717) is 0 Å². The molecule has 0 atom stereocenters. The summed E-state index contributed by atoms with van der Waals surface area (Å²) in [5, 5.41) is 0. The summed E-state index contributed by atoms with van der Waals surface area (Å²) in [7, 11) is 0.